The molecule has 1 aliphatic heterocycles. The third-order valence-electron chi connectivity index (χ3n) is 5.42. The molecule has 0 spiro atoms. The van der Waals surface area contributed by atoms with E-state index < -0.39 is 0 Å². The van der Waals surface area contributed by atoms with E-state index in [2.05, 4.69) is 106 Å². The molecule has 2 heterocycles. The maximum Gasteiger partial charge on any atom is 0.156 e. The molecular weight excluding hydrogens is 356 g/mol. The van der Waals surface area contributed by atoms with Crippen LogP contribution in [0.4, 0.5) is 5.82 Å². The van der Waals surface area contributed by atoms with Crippen molar-refractivity contribution < 1.29 is 0 Å². The molecule has 5 rings (SSSR count). The highest BCUT2D eigenvalue weighted by atomic mass is 15.4. The van der Waals surface area contributed by atoms with Gasteiger partial charge in [0.15, 0.2) is 5.82 Å². The van der Waals surface area contributed by atoms with Crippen molar-refractivity contribution in [1.29, 1.82) is 0 Å². The van der Waals surface area contributed by atoms with Gasteiger partial charge in [-0.3, -0.25) is 10.00 Å². The Labute approximate surface area is 171 Å². The number of nitrogens with one attached hydrogen (secondary N) is 1. The fourth-order valence-corrected chi connectivity index (χ4v) is 4.07. The summed E-state index contributed by atoms with van der Waals surface area (Å²) in [6.07, 6.45) is 0. The number of hydrogen-bond donors (Lipinski definition) is 1. The first-order valence-corrected chi connectivity index (χ1v) is 10.0. The van der Waals surface area contributed by atoms with Crippen molar-refractivity contribution >= 4 is 5.82 Å². The lowest BCUT2D eigenvalue weighted by atomic mass is 10.0. The monoisotopic (exact) mass is 380 g/mol. The van der Waals surface area contributed by atoms with Gasteiger partial charge in [-0.15, -0.1) is 0 Å². The van der Waals surface area contributed by atoms with E-state index in [4.69, 9.17) is 5.10 Å². The van der Waals surface area contributed by atoms with Gasteiger partial charge in [0.1, 0.15) is 0 Å². The molecule has 0 amide bonds. The van der Waals surface area contributed by atoms with E-state index >= 15 is 0 Å². The van der Waals surface area contributed by atoms with Gasteiger partial charge in [0, 0.05) is 25.2 Å². The molecule has 4 heteroatoms. The molecule has 4 nitrogen and oxygen atoms in total. The van der Waals surface area contributed by atoms with Gasteiger partial charge in [-0.25, -0.2) is 0 Å². The molecule has 1 aromatic heterocycles. The van der Waals surface area contributed by atoms with E-state index in [1.165, 1.54) is 22.3 Å². The molecule has 1 N–H and O–H groups in total. The van der Waals surface area contributed by atoms with Gasteiger partial charge in [-0.1, -0.05) is 91.0 Å². The minimum absolute atomic E-state index is 0.845. The van der Waals surface area contributed by atoms with Crippen molar-refractivity contribution in [3.05, 3.63) is 108 Å². The summed E-state index contributed by atoms with van der Waals surface area (Å²) in [5.74, 6) is 1.07. The van der Waals surface area contributed by atoms with E-state index in [-0.39, 0.29) is 0 Å². The fraction of sp³-hybridized carbons (Fsp3) is 0.160. The fourth-order valence-electron chi connectivity index (χ4n) is 4.07. The zero-order valence-electron chi connectivity index (χ0n) is 16.3. The van der Waals surface area contributed by atoms with E-state index in [1.807, 2.05) is 0 Å². The zero-order chi connectivity index (χ0) is 19.5. The summed E-state index contributed by atoms with van der Waals surface area (Å²) in [5, 5.41) is 8.04. The van der Waals surface area contributed by atoms with E-state index in [0.29, 0.717) is 0 Å². The van der Waals surface area contributed by atoms with Gasteiger partial charge in [-0.2, -0.15) is 5.10 Å². The summed E-state index contributed by atoms with van der Waals surface area (Å²) in [4.78, 5) is 4.86. The first-order chi connectivity index (χ1) is 14.4. The number of rotatable bonds is 5. The number of benzene rings is 3. The van der Waals surface area contributed by atoms with Crippen LogP contribution in [0.5, 0.6) is 0 Å². The van der Waals surface area contributed by atoms with E-state index in [9.17, 15) is 0 Å². The molecule has 0 atom stereocenters. The Morgan fingerprint density at radius 1 is 0.724 bits per heavy atom. The van der Waals surface area contributed by atoms with Gasteiger partial charge in [0.05, 0.1) is 12.4 Å². The van der Waals surface area contributed by atoms with Crippen LogP contribution >= 0.6 is 0 Å². The molecule has 0 radical (unpaired) electrons. The lowest BCUT2D eigenvalue weighted by molar-refractivity contribution is 0.242. The minimum atomic E-state index is 0.845. The van der Waals surface area contributed by atoms with Gasteiger partial charge in [-0.05, 0) is 16.7 Å². The van der Waals surface area contributed by atoms with Crippen LogP contribution in [-0.2, 0) is 19.6 Å². The summed E-state index contributed by atoms with van der Waals surface area (Å²) < 4.78 is 0. The number of fused-ring (bicyclic) bond motifs is 1. The second-order valence-corrected chi connectivity index (χ2v) is 7.56. The number of aromatic amines is 1. The van der Waals surface area contributed by atoms with Crippen molar-refractivity contribution in [2.24, 2.45) is 0 Å². The van der Waals surface area contributed by atoms with Crippen LogP contribution < -0.4 is 4.90 Å². The molecular formula is C25H24N4. The van der Waals surface area contributed by atoms with Crippen molar-refractivity contribution in [2.45, 2.75) is 19.6 Å². The number of hydrogen-bond acceptors (Lipinski definition) is 3. The van der Waals surface area contributed by atoms with Crippen LogP contribution in [0.25, 0.3) is 11.3 Å². The topological polar surface area (TPSA) is 35.2 Å². The smallest absolute Gasteiger partial charge is 0.156 e. The largest absolute Gasteiger partial charge is 0.338 e. The van der Waals surface area contributed by atoms with E-state index in [0.717, 1.165) is 37.8 Å². The number of nitrogens with zero attached hydrogens (tertiary/aromatic N) is 3. The molecule has 0 unspecified atom stereocenters. The Hall–Kier alpha value is -3.37. The summed E-state index contributed by atoms with van der Waals surface area (Å²) in [6, 6.07) is 31.8. The average Bonchev–Trinajstić information content (AvgIpc) is 3.20. The lowest BCUT2D eigenvalue weighted by Gasteiger charge is -2.36. The van der Waals surface area contributed by atoms with Crippen LogP contribution in [0.1, 0.15) is 16.7 Å². The quantitative estimate of drug-likeness (QED) is 0.526. The van der Waals surface area contributed by atoms with Crippen LogP contribution in [-0.4, -0.2) is 21.8 Å². The number of aromatic nitrogens is 2. The highest BCUT2D eigenvalue weighted by molar-refractivity contribution is 5.70. The highest BCUT2D eigenvalue weighted by Crippen LogP contribution is 2.34. The minimum Gasteiger partial charge on any atom is -0.338 e. The third kappa shape index (κ3) is 3.80. The van der Waals surface area contributed by atoms with Crippen LogP contribution in [0.15, 0.2) is 91.0 Å². The Morgan fingerprint density at radius 3 is 1.97 bits per heavy atom. The molecule has 0 bridgehead atoms. The lowest BCUT2D eigenvalue weighted by Crippen LogP contribution is -2.41. The first kappa shape index (κ1) is 17.7. The van der Waals surface area contributed by atoms with Gasteiger partial charge >= 0.3 is 0 Å². The van der Waals surface area contributed by atoms with E-state index in [1.54, 1.807) is 0 Å². The molecule has 29 heavy (non-hydrogen) atoms. The van der Waals surface area contributed by atoms with Crippen LogP contribution in [0, 0.1) is 0 Å². The second kappa shape index (κ2) is 7.94. The Bertz CT molecular complexity index is 1060. The summed E-state index contributed by atoms with van der Waals surface area (Å²) in [5.41, 5.74) is 6.21. The molecule has 0 saturated heterocycles. The molecule has 144 valence electrons. The van der Waals surface area contributed by atoms with Crippen LogP contribution in [0.3, 0.4) is 0 Å². The maximum atomic E-state index is 4.73. The molecule has 0 aliphatic carbocycles. The highest BCUT2D eigenvalue weighted by Gasteiger charge is 2.28. The van der Waals surface area contributed by atoms with Crippen molar-refractivity contribution in [3.8, 4) is 11.3 Å². The van der Waals surface area contributed by atoms with Crippen LogP contribution in [0.2, 0.25) is 0 Å². The average molecular weight is 380 g/mol. The number of H-pyrrole nitrogens is 1. The summed E-state index contributed by atoms with van der Waals surface area (Å²) in [7, 11) is 0. The molecule has 4 aromatic rings. The maximum absolute atomic E-state index is 4.73. The molecule has 0 fully saturated rings. The Balaban J connectivity index is 1.49. The first-order valence-electron chi connectivity index (χ1n) is 10.0. The normalized spacial score (nSPS) is 14.0. The Kier molecular flexibility index (Phi) is 4.85. The predicted molar refractivity (Wildman–Crippen MR) is 117 cm³/mol. The van der Waals surface area contributed by atoms with Crippen molar-refractivity contribution in [2.75, 3.05) is 11.6 Å². The third-order valence-corrected chi connectivity index (χ3v) is 5.42. The Morgan fingerprint density at radius 2 is 1.31 bits per heavy atom. The van der Waals surface area contributed by atoms with Crippen molar-refractivity contribution in [3.63, 3.8) is 0 Å². The zero-order valence-corrected chi connectivity index (χ0v) is 16.3. The summed E-state index contributed by atoms with van der Waals surface area (Å²) >= 11 is 0. The molecule has 1 aliphatic rings. The van der Waals surface area contributed by atoms with Crippen molar-refractivity contribution in [1.82, 2.24) is 15.1 Å². The number of anilines is 1. The predicted octanol–water partition coefficient (Wildman–Crippen LogP) is 5.06. The SMILES string of the molecule is c1ccc(CN2Cc3c(n[nH]c3-c3ccccc3)N(Cc3ccccc3)C2)cc1. The standard InChI is InChI=1S/C25H24N4/c1-4-10-20(11-5-1)16-28-18-23-24(22-14-8-3-9-15-22)26-27-25(23)29(19-28)17-21-12-6-2-7-13-21/h1-15H,16-19H2,(H,26,27). The molecule has 0 saturated carbocycles. The second-order valence-electron chi connectivity index (χ2n) is 7.56. The van der Waals surface area contributed by atoms with Gasteiger partial charge in [0.25, 0.3) is 0 Å². The molecule has 3 aromatic carbocycles. The summed E-state index contributed by atoms with van der Waals surface area (Å²) in [6.45, 7) is 3.51. The van der Waals surface area contributed by atoms with Gasteiger partial charge < -0.3 is 4.90 Å². The van der Waals surface area contributed by atoms with Gasteiger partial charge in [0.2, 0.25) is 0 Å².